The Morgan fingerprint density at radius 2 is 1.81 bits per heavy atom. The van der Waals surface area contributed by atoms with Gasteiger partial charge in [-0.25, -0.2) is 0 Å². The molecule has 0 unspecified atom stereocenters. The molecule has 2 heteroatoms. The summed E-state index contributed by atoms with van der Waals surface area (Å²) < 4.78 is 0. The van der Waals surface area contributed by atoms with Gasteiger partial charge in [-0.15, -0.1) is 0 Å². The molecule has 1 aliphatic rings. The first-order valence-electron chi connectivity index (χ1n) is 7.12. The Morgan fingerprint density at radius 1 is 1.12 bits per heavy atom. The van der Waals surface area contributed by atoms with Crippen LogP contribution in [0.3, 0.4) is 0 Å². The molecule has 0 heterocycles. The summed E-state index contributed by atoms with van der Waals surface area (Å²) in [5, 5.41) is 3.41. The minimum Gasteiger partial charge on any atom is -0.317 e. The molecule has 0 bridgehead atoms. The van der Waals surface area contributed by atoms with Gasteiger partial charge in [0.25, 0.3) is 0 Å². The zero-order chi connectivity index (χ0) is 11.8. The van der Waals surface area contributed by atoms with Crippen LogP contribution in [-0.4, -0.2) is 38.1 Å². The minimum absolute atomic E-state index is 0.793. The smallest absolute Gasteiger partial charge is 0.00642 e. The summed E-state index contributed by atoms with van der Waals surface area (Å²) in [7, 11) is 4.39. The quantitative estimate of drug-likeness (QED) is 0.672. The summed E-state index contributed by atoms with van der Waals surface area (Å²) in [5.74, 6) is 0.955. The predicted octanol–water partition coefficient (Wildman–Crippen LogP) is 2.89. The van der Waals surface area contributed by atoms with E-state index in [0.29, 0.717) is 0 Å². The largest absolute Gasteiger partial charge is 0.317 e. The van der Waals surface area contributed by atoms with Crippen molar-refractivity contribution in [3.8, 4) is 0 Å². The maximum atomic E-state index is 3.41. The highest BCUT2D eigenvalue weighted by Gasteiger charge is 2.20. The molecule has 0 aromatic heterocycles. The van der Waals surface area contributed by atoms with Crippen molar-refractivity contribution in [3.05, 3.63) is 0 Å². The van der Waals surface area contributed by atoms with Crippen LogP contribution in [0.2, 0.25) is 0 Å². The van der Waals surface area contributed by atoms with Crippen LogP contribution in [0, 0.1) is 5.92 Å². The third kappa shape index (κ3) is 5.31. The first-order chi connectivity index (χ1) is 7.76. The standard InChI is InChI=1S/C14H30N2/c1-4-5-6-11-16(3)12-13-7-9-14(15-2)10-8-13/h13-15H,4-12H2,1-3H3. The molecule has 1 saturated carbocycles. The zero-order valence-electron chi connectivity index (χ0n) is 11.5. The van der Waals surface area contributed by atoms with Gasteiger partial charge >= 0.3 is 0 Å². The SMILES string of the molecule is CCCCCN(C)CC1CCC(NC)CC1. The third-order valence-corrected chi connectivity index (χ3v) is 3.97. The minimum atomic E-state index is 0.793. The number of hydrogen-bond donors (Lipinski definition) is 1. The van der Waals surface area contributed by atoms with Crippen LogP contribution in [0.5, 0.6) is 0 Å². The monoisotopic (exact) mass is 226 g/mol. The van der Waals surface area contributed by atoms with Crippen molar-refractivity contribution in [1.82, 2.24) is 10.2 Å². The maximum Gasteiger partial charge on any atom is 0.00642 e. The average Bonchev–Trinajstić information content (AvgIpc) is 2.30. The molecule has 16 heavy (non-hydrogen) atoms. The third-order valence-electron chi connectivity index (χ3n) is 3.97. The normalized spacial score (nSPS) is 26.2. The molecule has 0 aromatic rings. The molecule has 0 aromatic carbocycles. The molecular formula is C14H30N2. The van der Waals surface area contributed by atoms with E-state index in [1.54, 1.807) is 0 Å². The summed E-state index contributed by atoms with van der Waals surface area (Å²) >= 11 is 0. The number of nitrogens with zero attached hydrogens (tertiary/aromatic N) is 1. The first kappa shape index (κ1) is 14.0. The maximum absolute atomic E-state index is 3.41. The van der Waals surface area contributed by atoms with Gasteiger partial charge in [0.2, 0.25) is 0 Å². The van der Waals surface area contributed by atoms with Crippen LogP contribution in [0.1, 0.15) is 51.9 Å². The van der Waals surface area contributed by atoms with Crippen molar-refractivity contribution in [1.29, 1.82) is 0 Å². The lowest BCUT2D eigenvalue weighted by molar-refractivity contribution is 0.214. The topological polar surface area (TPSA) is 15.3 Å². The van der Waals surface area contributed by atoms with Crippen LogP contribution in [0.4, 0.5) is 0 Å². The molecule has 0 amide bonds. The van der Waals surface area contributed by atoms with Gasteiger partial charge in [-0.3, -0.25) is 0 Å². The number of nitrogens with one attached hydrogen (secondary N) is 1. The molecular weight excluding hydrogens is 196 g/mol. The fourth-order valence-electron chi connectivity index (χ4n) is 2.80. The van der Waals surface area contributed by atoms with E-state index in [1.807, 2.05) is 0 Å². The van der Waals surface area contributed by atoms with Crippen LogP contribution in [-0.2, 0) is 0 Å². The number of rotatable bonds is 7. The molecule has 0 spiro atoms. The highest BCUT2D eigenvalue weighted by molar-refractivity contribution is 4.77. The second-order valence-electron chi connectivity index (χ2n) is 5.48. The molecule has 1 rings (SSSR count). The molecule has 96 valence electrons. The fraction of sp³-hybridized carbons (Fsp3) is 1.00. The van der Waals surface area contributed by atoms with Crippen LogP contribution < -0.4 is 5.32 Å². The van der Waals surface area contributed by atoms with E-state index in [0.717, 1.165) is 12.0 Å². The van der Waals surface area contributed by atoms with Crippen LogP contribution in [0.25, 0.3) is 0 Å². The Balaban J connectivity index is 2.08. The van der Waals surface area contributed by atoms with E-state index in [2.05, 4.69) is 31.2 Å². The van der Waals surface area contributed by atoms with Crippen LogP contribution >= 0.6 is 0 Å². The number of unbranched alkanes of at least 4 members (excludes halogenated alkanes) is 2. The van der Waals surface area contributed by atoms with Gasteiger partial charge in [0.1, 0.15) is 0 Å². The molecule has 1 fully saturated rings. The van der Waals surface area contributed by atoms with E-state index in [1.165, 1.54) is 58.0 Å². The van der Waals surface area contributed by atoms with Crippen molar-refractivity contribution >= 4 is 0 Å². The molecule has 0 radical (unpaired) electrons. The molecule has 0 atom stereocenters. The Kier molecular flexibility index (Phi) is 7.06. The van der Waals surface area contributed by atoms with Gasteiger partial charge in [0.15, 0.2) is 0 Å². The summed E-state index contributed by atoms with van der Waals surface area (Å²) in [5.41, 5.74) is 0. The van der Waals surface area contributed by atoms with Crippen LogP contribution in [0.15, 0.2) is 0 Å². The second-order valence-corrected chi connectivity index (χ2v) is 5.48. The summed E-state index contributed by atoms with van der Waals surface area (Å²) in [6.45, 7) is 4.89. The lowest BCUT2D eigenvalue weighted by Gasteiger charge is -2.31. The van der Waals surface area contributed by atoms with Crippen molar-refractivity contribution < 1.29 is 0 Å². The van der Waals surface area contributed by atoms with Crippen molar-refractivity contribution in [3.63, 3.8) is 0 Å². The average molecular weight is 226 g/mol. The highest BCUT2D eigenvalue weighted by atomic mass is 15.1. The fourth-order valence-corrected chi connectivity index (χ4v) is 2.80. The predicted molar refractivity (Wildman–Crippen MR) is 71.8 cm³/mol. The Morgan fingerprint density at radius 3 is 2.38 bits per heavy atom. The lowest BCUT2D eigenvalue weighted by atomic mass is 9.86. The Bertz CT molecular complexity index is 162. The van der Waals surface area contributed by atoms with Gasteiger partial charge in [-0.1, -0.05) is 19.8 Å². The summed E-state index contributed by atoms with van der Waals surface area (Å²) in [6, 6.07) is 0.793. The molecule has 0 aliphatic heterocycles. The van der Waals surface area contributed by atoms with Gasteiger partial charge in [-0.05, 0) is 58.7 Å². The van der Waals surface area contributed by atoms with Gasteiger partial charge in [0.05, 0.1) is 0 Å². The van der Waals surface area contributed by atoms with Gasteiger partial charge in [-0.2, -0.15) is 0 Å². The molecule has 0 saturated heterocycles. The molecule has 1 N–H and O–H groups in total. The lowest BCUT2D eigenvalue weighted by Crippen LogP contribution is -2.34. The highest BCUT2D eigenvalue weighted by Crippen LogP contribution is 2.24. The van der Waals surface area contributed by atoms with Crippen molar-refractivity contribution in [2.45, 2.75) is 57.9 Å². The van der Waals surface area contributed by atoms with E-state index >= 15 is 0 Å². The second kappa shape index (κ2) is 8.08. The zero-order valence-corrected chi connectivity index (χ0v) is 11.5. The van der Waals surface area contributed by atoms with E-state index in [-0.39, 0.29) is 0 Å². The van der Waals surface area contributed by atoms with Gasteiger partial charge < -0.3 is 10.2 Å². The molecule has 1 aliphatic carbocycles. The van der Waals surface area contributed by atoms with Crippen molar-refractivity contribution in [2.75, 3.05) is 27.2 Å². The van der Waals surface area contributed by atoms with Crippen molar-refractivity contribution in [2.24, 2.45) is 5.92 Å². The summed E-state index contributed by atoms with van der Waals surface area (Å²) in [4.78, 5) is 2.54. The van der Waals surface area contributed by atoms with E-state index < -0.39 is 0 Å². The van der Waals surface area contributed by atoms with E-state index in [9.17, 15) is 0 Å². The van der Waals surface area contributed by atoms with E-state index in [4.69, 9.17) is 0 Å². The number of hydrogen-bond acceptors (Lipinski definition) is 2. The Labute approximate surface area is 102 Å². The Hall–Kier alpha value is -0.0800. The molecule has 2 nitrogen and oxygen atoms in total. The first-order valence-corrected chi connectivity index (χ1v) is 7.12. The van der Waals surface area contributed by atoms with Gasteiger partial charge in [0, 0.05) is 12.6 Å². The summed E-state index contributed by atoms with van der Waals surface area (Å²) in [6.07, 6.45) is 9.69.